The molecule has 156 valence electrons. The van der Waals surface area contributed by atoms with E-state index in [-0.39, 0.29) is 28.2 Å². The molecule has 1 N–H and O–H groups in total. The number of hydrogen-bond donors (Lipinski definition) is 1. The first kappa shape index (κ1) is 21.6. The van der Waals surface area contributed by atoms with Gasteiger partial charge in [0.25, 0.3) is 5.91 Å². The van der Waals surface area contributed by atoms with E-state index in [2.05, 4.69) is 5.32 Å². The van der Waals surface area contributed by atoms with Crippen molar-refractivity contribution in [3.63, 3.8) is 0 Å². The van der Waals surface area contributed by atoms with Crippen molar-refractivity contribution in [3.05, 3.63) is 58.6 Å². The van der Waals surface area contributed by atoms with Crippen LogP contribution in [0, 0.1) is 0 Å². The van der Waals surface area contributed by atoms with Gasteiger partial charge < -0.3 is 10.1 Å². The number of hydrogen-bond acceptors (Lipinski definition) is 4. The Morgan fingerprint density at radius 3 is 2.41 bits per heavy atom. The van der Waals surface area contributed by atoms with E-state index in [0.717, 1.165) is 18.4 Å². The number of halogens is 1. The van der Waals surface area contributed by atoms with Crippen LogP contribution in [0.1, 0.15) is 48.1 Å². The van der Waals surface area contributed by atoms with Crippen molar-refractivity contribution in [2.24, 2.45) is 0 Å². The quantitative estimate of drug-likeness (QED) is 0.711. The van der Waals surface area contributed by atoms with Gasteiger partial charge in [-0.2, -0.15) is 4.31 Å². The molecule has 29 heavy (non-hydrogen) atoms. The molecule has 1 amide bonds. The van der Waals surface area contributed by atoms with Crippen LogP contribution in [-0.4, -0.2) is 38.8 Å². The Morgan fingerprint density at radius 2 is 1.83 bits per heavy atom. The molecule has 1 saturated heterocycles. The maximum atomic E-state index is 13.0. The van der Waals surface area contributed by atoms with Crippen molar-refractivity contribution in [3.8, 4) is 5.75 Å². The molecule has 0 spiro atoms. The number of rotatable bonds is 7. The van der Waals surface area contributed by atoms with Gasteiger partial charge in [-0.05, 0) is 55.2 Å². The van der Waals surface area contributed by atoms with Gasteiger partial charge in [-0.1, -0.05) is 30.7 Å². The highest BCUT2D eigenvalue weighted by Gasteiger charge is 2.30. The second kappa shape index (κ2) is 9.15. The molecule has 1 fully saturated rings. The van der Waals surface area contributed by atoms with E-state index in [0.29, 0.717) is 24.5 Å². The molecule has 0 saturated carbocycles. The summed E-state index contributed by atoms with van der Waals surface area (Å²) in [6.07, 6.45) is 2.35. The molecule has 1 aliphatic heterocycles. The van der Waals surface area contributed by atoms with Gasteiger partial charge in [-0.15, -0.1) is 0 Å². The van der Waals surface area contributed by atoms with E-state index in [4.69, 9.17) is 16.3 Å². The Bertz CT molecular complexity index is 971. The van der Waals surface area contributed by atoms with Crippen LogP contribution in [0.4, 0.5) is 0 Å². The zero-order valence-electron chi connectivity index (χ0n) is 16.5. The first-order valence-corrected chi connectivity index (χ1v) is 11.4. The molecule has 8 heteroatoms. The average molecular weight is 437 g/mol. The molecule has 0 aliphatic carbocycles. The third-order valence-electron chi connectivity index (χ3n) is 5.09. The third-order valence-corrected chi connectivity index (χ3v) is 7.27. The highest BCUT2D eigenvalue weighted by atomic mass is 35.5. The van der Waals surface area contributed by atoms with E-state index >= 15 is 0 Å². The zero-order chi connectivity index (χ0) is 21.0. The summed E-state index contributed by atoms with van der Waals surface area (Å²) in [7, 11) is -2.29. The molecule has 1 aliphatic rings. The fourth-order valence-electron chi connectivity index (χ4n) is 3.44. The van der Waals surface area contributed by atoms with Crippen LogP contribution in [0.25, 0.3) is 0 Å². The van der Waals surface area contributed by atoms with Crippen LogP contribution in [0.2, 0.25) is 5.02 Å². The molecule has 2 aromatic rings. The minimum Gasteiger partial charge on any atom is -0.495 e. The van der Waals surface area contributed by atoms with Gasteiger partial charge in [-0.3, -0.25) is 4.79 Å². The Labute approximate surface area is 176 Å². The number of carbonyl (C=O) groups excluding carboxylic acids is 1. The largest absolute Gasteiger partial charge is 0.495 e. The molecule has 6 nitrogen and oxygen atoms in total. The van der Waals surface area contributed by atoms with Gasteiger partial charge in [0.2, 0.25) is 10.0 Å². The van der Waals surface area contributed by atoms with E-state index in [1.807, 2.05) is 19.1 Å². The van der Waals surface area contributed by atoms with Gasteiger partial charge in [0, 0.05) is 23.7 Å². The van der Waals surface area contributed by atoms with Gasteiger partial charge in [0.1, 0.15) is 10.6 Å². The monoisotopic (exact) mass is 436 g/mol. The molecule has 0 aromatic heterocycles. The van der Waals surface area contributed by atoms with Crippen LogP contribution in [-0.2, 0) is 10.0 Å². The summed E-state index contributed by atoms with van der Waals surface area (Å²) in [6, 6.07) is 11.6. The lowest BCUT2D eigenvalue weighted by molar-refractivity contribution is 0.0935. The molecule has 1 atom stereocenters. The van der Waals surface area contributed by atoms with E-state index < -0.39 is 10.0 Å². The number of sulfonamides is 1. The molecule has 0 radical (unpaired) electrons. The summed E-state index contributed by atoms with van der Waals surface area (Å²) >= 11 is 5.94. The number of amides is 1. The number of carbonyl (C=O) groups is 1. The first-order valence-electron chi connectivity index (χ1n) is 9.61. The van der Waals surface area contributed by atoms with E-state index in [1.165, 1.54) is 23.5 Å². The Kier molecular flexibility index (Phi) is 6.82. The van der Waals surface area contributed by atoms with Crippen molar-refractivity contribution >= 4 is 27.5 Å². The van der Waals surface area contributed by atoms with Crippen molar-refractivity contribution < 1.29 is 17.9 Å². The smallest absolute Gasteiger partial charge is 0.251 e. The van der Waals surface area contributed by atoms with Crippen LogP contribution < -0.4 is 10.1 Å². The SMILES string of the molecule is CCC(NC(=O)c1ccc(OC)c(S(=O)(=O)N2CCCC2)c1)c1ccc(Cl)cc1. The lowest BCUT2D eigenvalue weighted by atomic mass is 10.0. The second-order valence-electron chi connectivity index (χ2n) is 6.96. The fraction of sp³-hybridized carbons (Fsp3) is 0.381. The highest BCUT2D eigenvalue weighted by molar-refractivity contribution is 7.89. The normalized spacial score (nSPS) is 15.8. The maximum Gasteiger partial charge on any atom is 0.251 e. The average Bonchev–Trinajstić information content (AvgIpc) is 3.28. The molecular weight excluding hydrogens is 412 g/mol. The molecule has 0 bridgehead atoms. The first-order chi connectivity index (χ1) is 13.9. The number of ether oxygens (including phenoxy) is 1. The van der Waals surface area contributed by atoms with Crippen molar-refractivity contribution in [1.82, 2.24) is 9.62 Å². The lowest BCUT2D eigenvalue weighted by Crippen LogP contribution is -2.30. The van der Waals surface area contributed by atoms with Crippen LogP contribution in [0.5, 0.6) is 5.75 Å². The molecular formula is C21H25ClN2O4S. The predicted molar refractivity (Wildman–Crippen MR) is 113 cm³/mol. The zero-order valence-corrected chi connectivity index (χ0v) is 18.1. The van der Waals surface area contributed by atoms with Gasteiger partial charge in [-0.25, -0.2) is 8.42 Å². The van der Waals surface area contributed by atoms with E-state index in [1.54, 1.807) is 18.2 Å². The van der Waals surface area contributed by atoms with Crippen molar-refractivity contribution in [1.29, 1.82) is 0 Å². The highest BCUT2D eigenvalue weighted by Crippen LogP contribution is 2.30. The van der Waals surface area contributed by atoms with Gasteiger partial charge >= 0.3 is 0 Å². The standard InChI is InChI=1S/C21H25ClN2O4S/c1-3-18(15-6-9-17(22)10-7-15)23-21(25)16-8-11-19(28-2)20(14-16)29(26,27)24-12-4-5-13-24/h6-11,14,18H,3-5,12-13H2,1-2H3,(H,23,25). The molecule has 1 heterocycles. The summed E-state index contributed by atoms with van der Waals surface area (Å²) in [5.74, 6) is -0.106. The number of nitrogens with zero attached hydrogens (tertiary/aromatic N) is 1. The van der Waals surface area contributed by atoms with Crippen molar-refractivity contribution in [2.45, 2.75) is 37.1 Å². The summed E-state index contributed by atoms with van der Waals surface area (Å²) in [4.78, 5) is 12.9. The van der Waals surface area contributed by atoms with Crippen molar-refractivity contribution in [2.75, 3.05) is 20.2 Å². The number of methoxy groups -OCH3 is 1. The topological polar surface area (TPSA) is 75.7 Å². The van der Waals surface area contributed by atoms with Gasteiger partial charge in [0.05, 0.1) is 13.2 Å². The van der Waals surface area contributed by atoms with Crippen LogP contribution in [0.15, 0.2) is 47.4 Å². The summed E-state index contributed by atoms with van der Waals surface area (Å²) in [5, 5.41) is 3.60. The Hall–Kier alpha value is -2.09. The maximum absolute atomic E-state index is 13.0. The second-order valence-corrected chi connectivity index (χ2v) is 9.31. The van der Waals surface area contributed by atoms with Gasteiger partial charge in [0.15, 0.2) is 0 Å². The fourth-order valence-corrected chi connectivity index (χ4v) is 5.27. The summed E-state index contributed by atoms with van der Waals surface area (Å²) in [6.45, 7) is 2.93. The molecule has 3 rings (SSSR count). The number of benzene rings is 2. The van der Waals surface area contributed by atoms with Crippen LogP contribution in [0.3, 0.4) is 0 Å². The molecule has 2 aromatic carbocycles. The Balaban J connectivity index is 1.88. The summed E-state index contributed by atoms with van der Waals surface area (Å²) in [5.41, 5.74) is 1.21. The van der Waals surface area contributed by atoms with Crippen LogP contribution >= 0.6 is 11.6 Å². The molecule has 1 unspecified atom stereocenters. The predicted octanol–water partition coefficient (Wildman–Crippen LogP) is 4.01. The lowest BCUT2D eigenvalue weighted by Gasteiger charge is -2.20. The minimum atomic E-state index is -3.71. The minimum absolute atomic E-state index is 0.0223. The third kappa shape index (κ3) is 4.74. The summed E-state index contributed by atoms with van der Waals surface area (Å²) < 4.78 is 32.7. The Morgan fingerprint density at radius 1 is 1.17 bits per heavy atom. The number of nitrogens with one attached hydrogen (secondary N) is 1. The van der Waals surface area contributed by atoms with E-state index in [9.17, 15) is 13.2 Å².